The SMILES string of the molecule is CN(CC(C)(C)C)C(=O)c1c(Cl)cccc1S(N)(=O)=O. The van der Waals surface area contributed by atoms with Gasteiger partial charge in [0.2, 0.25) is 10.0 Å². The van der Waals surface area contributed by atoms with Crippen LogP contribution in [0.4, 0.5) is 0 Å². The molecule has 1 amide bonds. The maximum Gasteiger partial charge on any atom is 0.256 e. The van der Waals surface area contributed by atoms with E-state index in [0.29, 0.717) is 6.54 Å². The molecule has 0 atom stereocenters. The van der Waals surface area contributed by atoms with Crippen LogP contribution in [-0.2, 0) is 10.0 Å². The number of primary sulfonamides is 1. The predicted molar refractivity (Wildman–Crippen MR) is 79.2 cm³/mol. The van der Waals surface area contributed by atoms with Crippen LogP contribution in [0, 0.1) is 5.41 Å². The number of carbonyl (C=O) groups excluding carboxylic acids is 1. The topological polar surface area (TPSA) is 80.5 Å². The first kappa shape index (κ1) is 16.9. The van der Waals surface area contributed by atoms with Crippen LogP contribution >= 0.6 is 11.6 Å². The number of sulfonamides is 1. The van der Waals surface area contributed by atoms with Crippen LogP contribution in [0.3, 0.4) is 0 Å². The lowest BCUT2D eigenvalue weighted by molar-refractivity contribution is 0.0742. The molecule has 0 fully saturated rings. The number of hydrogen-bond acceptors (Lipinski definition) is 3. The maximum absolute atomic E-state index is 12.4. The molecule has 20 heavy (non-hydrogen) atoms. The molecule has 5 nitrogen and oxygen atoms in total. The smallest absolute Gasteiger partial charge is 0.256 e. The summed E-state index contributed by atoms with van der Waals surface area (Å²) in [5.74, 6) is -0.463. The predicted octanol–water partition coefficient (Wildman–Crippen LogP) is 2.11. The molecule has 7 heteroatoms. The van der Waals surface area contributed by atoms with Crippen molar-refractivity contribution in [2.24, 2.45) is 10.6 Å². The number of rotatable bonds is 3. The van der Waals surface area contributed by atoms with Crippen LogP contribution in [0.5, 0.6) is 0 Å². The van der Waals surface area contributed by atoms with Gasteiger partial charge < -0.3 is 4.90 Å². The molecule has 0 bridgehead atoms. The lowest BCUT2D eigenvalue weighted by atomic mass is 9.96. The fraction of sp³-hybridized carbons (Fsp3) is 0.462. The largest absolute Gasteiger partial charge is 0.341 e. The molecule has 1 aromatic rings. The highest BCUT2D eigenvalue weighted by Crippen LogP contribution is 2.25. The first-order valence-electron chi connectivity index (χ1n) is 6.00. The van der Waals surface area contributed by atoms with Crippen LogP contribution in [0.25, 0.3) is 0 Å². The molecule has 1 aromatic carbocycles. The Bertz CT molecular complexity index is 621. The number of hydrogen-bond donors (Lipinski definition) is 1. The third kappa shape index (κ3) is 4.19. The number of halogens is 1. The second-order valence-corrected chi connectivity index (χ2v) is 7.82. The van der Waals surface area contributed by atoms with Crippen molar-refractivity contribution in [2.45, 2.75) is 25.7 Å². The van der Waals surface area contributed by atoms with E-state index >= 15 is 0 Å². The summed E-state index contributed by atoms with van der Waals surface area (Å²) in [7, 11) is -2.41. The zero-order valence-electron chi connectivity index (χ0n) is 12.0. The minimum atomic E-state index is -4.01. The number of carbonyl (C=O) groups is 1. The van der Waals surface area contributed by atoms with Gasteiger partial charge in [-0.1, -0.05) is 38.4 Å². The molecule has 0 heterocycles. The van der Waals surface area contributed by atoms with E-state index in [-0.39, 0.29) is 20.9 Å². The summed E-state index contributed by atoms with van der Waals surface area (Å²) in [5.41, 5.74) is -0.198. The first-order chi connectivity index (χ1) is 8.93. The second-order valence-electron chi connectivity index (χ2n) is 5.88. The third-order valence-electron chi connectivity index (χ3n) is 2.55. The summed E-state index contributed by atoms with van der Waals surface area (Å²) < 4.78 is 23.1. The van der Waals surface area contributed by atoms with Gasteiger partial charge in [0.1, 0.15) is 0 Å². The highest BCUT2D eigenvalue weighted by atomic mass is 35.5. The maximum atomic E-state index is 12.4. The van der Waals surface area contributed by atoms with E-state index in [0.717, 1.165) is 0 Å². The molecule has 0 aromatic heterocycles. The molecular formula is C13H19ClN2O3S. The number of benzene rings is 1. The normalized spacial score (nSPS) is 12.3. The molecule has 2 N–H and O–H groups in total. The van der Waals surface area contributed by atoms with Gasteiger partial charge in [-0.15, -0.1) is 0 Å². The zero-order valence-corrected chi connectivity index (χ0v) is 13.5. The Morgan fingerprint density at radius 1 is 1.35 bits per heavy atom. The Morgan fingerprint density at radius 3 is 2.35 bits per heavy atom. The molecule has 0 aliphatic heterocycles. The Hall–Kier alpha value is -1.11. The number of nitrogens with two attached hydrogens (primary N) is 1. The summed E-state index contributed by atoms with van der Waals surface area (Å²) in [6, 6.07) is 4.19. The second kappa shape index (κ2) is 5.71. The van der Waals surface area contributed by atoms with Gasteiger partial charge in [0.15, 0.2) is 0 Å². The van der Waals surface area contributed by atoms with Crippen molar-refractivity contribution >= 4 is 27.5 Å². The van der Waals surface area contributed by atoms with Gasteiger partial charge in [-0.25, -0.2) is 13.6 Å². The highest BCUT2D eigenvalue weighted by molar-refractivity contribution is 7.89. The molecular weight excluding hydrogens is 300 g/mol. The lowest BCUT2D eigenvalue weighted by Crippen LogP contribution is -2.35. The monoisotopic (exact) mass is 318 g/mol. The van der Waals surface area contributed by atoms with Gasteiger partial charge in [-0.3, -0.25) is 4.79 Å². The van der Waals surface area contributed by atoms with Gasteiger partial charge in [0.05, 0.1) is 15.5 Å². The fourth-order valence-electron chi connectivity index (χ4n) is 1.92. The average molecular weight is 319 g/mol. The molecule has 0 aliphatic carbocycles. The minimum absolute atomic E-state index is 0.0716. The van der Waals surface area contributed by atoms with Crippen molar-refractivity contribution < 1.29 is 13.2 Å². The van der Waals surface area contributed by atoms with Gasteiger partial charge in [0, 0.05) is 13.6 Å². The zero-order chi connectivity index (χ0) is 15.7. The quantitative estimate of drug-likeness (QED) is 0.926. The molecule has 0 saturated heterocycles. The van der Waals surface area contributed by atoms with Crippen molar-refractivity contribution in [3.8, 4) is 0 Å². The van der Waals surface area contributed by atoms with Crippen LogP contribution in [-0.4, -0.2) is 32.8 Å². The molecule has 112 valence electrons. The molecule has 0 aliphatic rings. The van der Waals surface area contributed by atoms with Crippen LogP contribution in [0.15, 0.2) is 23.1 Å². The van der Waals surface area contributed by atoms with Crippen molar-refractivity contribution in [3.63, 3.8) is 0 Å². The van der Waals surface area contributed by atoms with E-state index in [9.17, 15) is 13.2 Å². The van der Waals surface area contributed by atoms with Crippen LogP contribution in [0.2, 0.25) is 5.02 Å². The number of amides is 1. The highest BCUT2D eigenvalue weighted by Gasteiger charge is 2.26. The summed E-state index contributed by atoms with van der Waals surface area (Å²) in [4.78, 5) is 13.6. The van der Waals surface area contributed by atoms with E-state index in [1.54, 1.807) is 7.05 Å². The van der Waals surface area contributed by atoms with Crippen LogP contribution in [0.1, 0.15) is 31.1 Å². The summed E-state index contributed by atoms with van der Waals surface area (Å²) >= 11 is 5.98. The van der Waals surface area contributed by atoms with E-state index in [1.165, 1.54) is 23.1 Å². The van der Waals surface area contributed by atoms with E-state index < -0.39 is 15.9 Å². The summed E-state index contributed by atoms with van der Waals surface area (Å²) in [6.45, 7) is 6.39. The van der Waals surface area contributed by atoms with Crippen LogP contribution < -0.4 is 5.14 Å². The standard InChI is InChI=1S/C13H19ClN2O3S/c1-13(2,3)8-16(4)12(17)11-9(14)6-5-7-10(11)20(15,18)19/h5-7H,8H2,1-4H3,(H2,15,18,19). The third-order valence-corrected chi connectivity index (χ3v) is 3.82. The molecule has 1 rings (SSSR count). The van der Waals surface area contributed by atoms with Crippen molar-refractivity contribution in [1.82, 2.24) is 4.90 Å². The van der Waals surface area contributed by atoms with Gasteiger partial charge in [-0.05, 0) is 17.5 Å². The molecule has 0 unspecified atom stereocenters. The van der Waals surface area contributed by atoms with Crippen molar-refractivity contribution in [2.75, 3.05) is 13.6 Å². The molecule has 0 radical (unpaired) electrons. The Labute approximate surface area is 124 Å². The minimum Gasteiger partial charge on any atom is -0.341 e. The average Bonchev–Trinajstić information content (AvgIpc) is 2.24. The Balaban J connectivity index is 3.30. The fourth-order valence-corrected chi connectivity index (χ4v) is 2.98. The molecule has 0 saturated carbocycles. The van der Waals surface area contributed by atoms with Crippen molar-refractivity contribution in [1.29, 1.82) is 0 Å². The first-order valence-corrected chi connectivity index (χ1v) is 7.93. The van der Waals surface area contributed by atoms with Gasteiger partial charge in [-0.2, -0.15) is 0 Å². The van der Waals surface area contributed by atoms with Gasteiger partial charge >= 0.3 is 0 Å². The van der Waals surface area contributed by atoms with E-state index in [2.05, 4.69) is 0 Å². The van der Waals surface area contributed by atoms with Gasteiger partial charge in [0.25, 0.3) is 5.91 Å². The summed E-state index contributed by atoms with van der Waals surface area (Å²) in [6.07, 6.45) is 0. The van der Waals surface area contributed by atoms with E-state index in [4.69, 9.17) is 16.7 Å². The Kier molecular flexibility index (Phi) is 4.84. The lowest BCUT2D eigenvalue weighted by Gasteiger charge is -2.27. The number of nitrogens with zero attached hydrogens (tertiary/aromatic N) is 1. The summed E-state index contributed by atoms with van der Waals surface area (Å²) in [5, 5.41) is 5.21. The van der Waals surface area contributed by atoms with Crippen molar-refractivity contribution in [3.05, 3.63) is 28.8 Å². The Morgan fingerprint density at radius 2 is 1.90 bits per heavy atom. The van der Waals surface area contributed by atoms with E-state index in [1.807, 2.05) is 20.8 Å². The molecule has 0 spiro atoms.